The fourth-order valence-electron chi connectivity index (χ4n) is 1.12. The first kappa shape index (κ1) is 16.1. The van der Waals surface area contributed by atoms with Gasteiger partial charge in [-0.25, -0.2) is 0 Å². The third-order valence-electron chi connectivity index (χ3n) is 1.95. The molecule has 0 saturated carbocycles. The first-order valence-corrected chi connectivity index (χ1v) is 5.61. The Balaban J connectivity index is 0.000000487. The highest BCUT2D eigenvalue weighted by Gasteiger charge is 2.41. The number of hydrogen-bond acceptors (Lipinski definition) is 9. The molecule has 9 nitrogen and oxygen atoms in total. The van der Waals surface area contributed by atoms with E-state index in [1.54, 1.807) is 0 Å². The Bertz CT molecular complexity index is 190. The van der Waals surface area contributed by atoms with Crippen LogP contribution in [0.15, 0.2) is 0 Å². The monoisotopic (exact) mass is 260 g/mol. The van der Waals surface area contributed by atoms with Crippen molar-refractivity contribution in [2.45, 2.75) is 30.6 Å². The maximum atomic E-state index is 9.20. The molecule has 0 amide bonds. The highest BCUT2D eigenvalue weighted by Crippen LogP contribution is 2.17. The van der Waals surface area contributed by atoms with Crippen LogP contribution >= 0.6 is 8.53 Å². The topological polar surface area (TPSA) is 183 Å². The van der Waals surface area contributed by atoms with E-state index in [-0.39, 0.29) is 0 Å². The lowest BCUT2D eigenvalue weighted by Gasteiger charge is -2.38. The molecule has 0 aromatic rings. The molecule has 10 N–H and O–H groups in total. The molecule has 1 saturated heterocycles. The second-order valence-corrected chi connectivity index (χ2v) is 3.77. The number of ether oxygens (including phenoxy) is 1. The van der Waals surface area contributed by atoms with Gasteiger partial charge in [-0.1, -0.05) is 0 Å². The largest absolute Gasteiger partial charge is 0.394 e. The van der Waals surface area contributed by atoms with Crippen molar-refractivity contribution in [2.75, 3.05) is 6.61 Å². The standard InChI is InChI=1S/C6H13NO5.H4NO2P/c7-3-5(10)4(9)2(1-8)12-6(3)11;1-4(2)3/h2-6,8-11H,1,7H2;2-3H,1H2/t2-,3-,4+,5-,6?;/m1./s1. The summed E-state index contributed by atoms with van der Waals surface area (Å²) >= 11 is 0. The van der Waals surface area contributed by atoms with Gasteiger partial charge in [-0.2, -0.15) is 0 Å². The van der Waals surface area contributed by atoms with Crippen molar-refractivity contribution in [3.8, 4) is 0 Å². The van der Waals surface area contributed by atoms with Gasteiger partial charge in [0.25, 0.3) is 0 Å². The van der Waals surface area contributed by atoms with E-state index in [1.807, 2.05) is 0 Å². The number of aliphatic hydroxyl groups excluding tert-OH is 4. The van der Waals surface area contributed by atoms with Gasteiger partial charge in [0, 0.05) is 0 Å². The summed E-state index contributed by atoms with van der Waals surface area (Å²) in [6, 6.07) is -1.04. The zero-order valence-electron chi connectivity index (χ0n) is 8.29. The summed E-state index contributed by atoms with van der Waals surface area (Å²) in [5.74, 6) is 0. The van der Waals surface area contributed by atoms with Crippen LogP contribution in [0.5, 0.6) is 0 Å². The Morgan fingerprint density at radius 3 is 1.94 bits per heavy atom. The minimum Gasteiger partial charge on any atom is -0.394 e. The smallest absolute Gasteiger partial charge is 0.247 e. The van der Waals surface area contributed by atoms with Crippen molar-refractivity contribution >= 4 is 8.53 Å². The molecular formula is C6H17N2O7P. The summed E-state index contributed by atoms with van der Waals surface area (Å²) in [6.45, 7) is -0.470. The van der Waals surface area contributed by atoms with Crippen molar-refractivity contribution in [2.24, 2.45) is 11.2 Å². The summed E-state index contributed by atoms with van der Waals surface area (Å²) in [6.07, 6.45) is -4.85. The molecule has 0 bridgehead atoms. The van der Waals surface area contributed by atoms with Gasteiger partial charge in [-0.15, -0.1) is 0 Å². The molecule has 0 aromatic heterocycles. The molecular weight excluding hydrogens is 243 g/mol. The van der Waals surface area contributed by atoms with Gasteiger partial charge < -0.3 is 40.7 Å². The first-order chi connectivity index (χ1) is 7.31. The third kappa shape index (κ3) is 4.93. The van der Waals surface area contributed by atoms with E-state index >= 15 is 0 Å². The van der Waals surface area contributed by atoms with E-state index in [2.05, 4.69) is 5.50 Å². The molecule has 1 rings (SSSR count). The predicted octanol–water partition coefficient (Wildman–Crippen LogP) is -4.10. The lowest BCUT2D eigenvalue weighted by atomic mass is 9.98. The van der Waals surface area contributed by atoms with E-state index in [0.29, 0.717) is 0 Å². The van der Waals surface area contributed by atoms with E-state index in [1.165, 1.54) is 0 Å². The number of rotatable bonds is 1. The minimum absolute atomic E-state index is 0.470. The van der Waals surface area contributed by atoms with Gasteiger partial charge in [0.2, 0.25) is 8.53 Å². The van der Waals surface area contributed by atoms with Crippen LogP contribution in [0, 0.1) is 0 Å². The van der Waals surface area contributed by atoms with Crippen molar-refractivity contribution in [1.82, 2.24) is 0 Å². The van der Waals surface area contributed by atoms with Crippen molar-refractivity contribution in [3.63, 3.8) is 0 Å². The van der Waals surface area contributed by atoms with E-state index in [9.17, 15) is 10.2 Å². The Labute approximate surface area is 92.9 Å². The highest BCUT2D eigenvalue weighted by atomic mass is 31.2. The quantitative estimate of drug-likeness (QED) is 0.217. The van der Waals surface area contributed by atoms with Crippen LogP contribution in [0.3, 0.4) is 0 Å². The summed E-state index contributed by atoms with van der Waals surface area (Å²) in [5.41, 5.74) is 9.55. The molecule has 1 aliphatic heterocycles. The first-order valence-electron chi connectivity index (χ1n) is 4.30. The lowest BCUT2D eigenvalue weighted by Crippen LogP contribution is -2.61. The molecule has 0 spiro atoms. The van der Waals surface area contributed by atoms with Gasteiger partial charge >= 0.3 is 0 Å². The fraction of sp³-hybridized carbons (Fsp3) is 1.00. The molecule has 0 aliphatic carbocycles. The number of aliphatic hydroxyl groups is 4. The summed E-state index contributed by atoms with van der Waals surface area (Å²) in [7, 11) is -2.12. The summed E-state index contributed by atoms with van der Waals surface area (Å²) in [4.78, 5) is 14.9. The maximum absolute atomic E-state index is 9.20. The van der Waals surface area contributed by atoms with Crippen LogP contribution in [0.25, 0.3) is 0 Å². The molecule has 10 heteroatoms. The second kappa shape index (κ2) is 7.41. The average Bonchev–Trinajstić information content (AvgIpc) is 2.19. The third-order valence-corrected chi connectivity index (χ3v) is 1.95. The van der Waals surface area contributed by atoms with Gasteiger partial charge in [0.05, 0.1) is 12.6 Å². The molecule has 5 atom stereocenters. The Morgan fingerprint density at radius 2 is 1.56 bits per heavy atom. The fourth-order valence-corrected chi connectivity index (χ4v) is 1.12. The Hall–Kier alpha value is 0.0700. The normalized spacial score (nSPS) is 39.2. The molecule has 1 fully saturated rings. The van der Waals surface area contributed by atoms with Crippen LogP contribution < -0.4 is 11.2 Å². The van der Waals surface area contributed by atoms with E-state index < -0.39 is 45.8 Å². The molecule has 0 radical (unpaired) electrons. The molecule has 1 aliphatic rings. The molecule has 1 unspecified atom stereocenters. The van der Waals surface area contributed by atoms with Gasteiger partial charge in [-0.3, -0.25) is 5.50 Å². The summed E-state index contributed by atoms with van der Waals surface area (Å²) < 4.78 is 4.70. The zero-order chi connectivity index (χ0) is 12.9. The number of hydrogen-bond donors (Lipinski definition) is 8. The van der Waals surface area contributed by atoms with Crippen LogP contribution in [0.4, 0.5) is 0 Å². The minimum atomic E-state index is -2.12. The summed E-state index contributed by atoms with van der Waals surface area (Å²) in [5, 5.41) is 36.1. The van der Waals surface area contributed by atoms with Crippen molar-refractivity contribution in [1.29, 1.82) is 0 Å². The van der Waals surface area contributed by atoms with Crippen LogP contribution in [-0.2, 0) is 4.74 Å². The maximum Gasteiger partial charge on any atom is 0.247 e. The predicted molar refractivity (Wildman–Crippen MR) is 53.5 cm³/mol. The molecule has 98 valence electrons. The number of nitrogens with two attached hydrogens (primary N) is 2. The SMILES string of the molecule is NP(O)O.N[C@H]1C(O)O[C@H](CO)[C@H](O)[C@@H]1O. The molecule has 1 heterocycles. The van der Waals surface area contributed by atoms with Gasteiger partial charge in [0.15, 0.2) is 6.29 Å². The van der Waals surface area contributed by atoms with Gasteiger partial charge in [0.1, 0.15) is 18.3 Å². The zero-order valence-corrected chi connectivity index (χ0v) is 9.18. The highest BCUT2D eigenvalue weighted by molar-refractivity contribution is 7.42. The van der Waals surface area contributed by atoms with Crippen LogP contribution in [-0.4, -0.2) is 67.5 Å². The van der Waals surface area contributed by atoms with Crippen molar-refractivity contribution < 1.29 is 34.9 Å². The lowest BCUT2D eigenvalue weighted by molar-refractivity contribution is -0.248. The second-order valence-electron chi connectivity index (χ2n) is 3.13. The van der Waals surface area contributed by atoms with E-state index in [0.717, 1.165) is 0 Å². The van der Waals surface area contributed by atoms with Gasteiger partial charge in [-0.05, 0) is 0 Å². The Morgan fingerprint density at radius 1 is 1.12 bits per heavy atom. The molecule has 0 aromatic carbocycles. The Kier molecular flexibility index (Phi) is 7.44. The van der Waals surface area contributed by atoms with Crippen LogP contribution in [0.2, 0.25) is 0 Å². The van der Waals surface area contributed by atoms with Crippen molar-refractivity contribution in [3.05, 3.63) is 0 Å². The molecule has 16 heavy (non-hydrogen) atoms. The van der Waals surface area contributed by atoms with E-state index in [4.69, 9.17) is 30.5 Å². The van der Waals surface area contributed by atoms with Crippen LogP contribution in [0.1, 0.15) is 0 Å². The average molecular weight is 260 g/mol.